The third-order valence-electron chi connectivity index (χ3n) is 4.61. The fourth-order valence-corrected chi connectivity index (χ4v) is 3.13. The molecule has 1 fully saturated rings. The van der Waals surface area contributed by atoms with Gasteiger partial charge in [-0.25, -0.2) is 0 Å². The van der Waals surface area contributed by atoms with Crippen LogP contribution in [0.5, 0.6) is 0 Å². The Kier molecular flexibility index (Phi) is 4.91. The summed E-state index contributed by atoms with van der Waals surface area (Å²) in [5, 5.41) is 10.3. The molecular weight excluding hydrogens is 317 g/mol. The maximum atomic E-state index is 12.7. The first-order valence-corrected chi connectivity index (χ1v) is 8.07. The van der Waals surface area contributed by atoms with Gasteiger partial charge in [-0.3, -0.25) is 10.00 Å². The number of hydrogen-bond acceptors (Lipinski definition) is 3. The van der Waals surface area contributed by atoms with Crippen molar-refractivity contribution >= 4 is 0 Å². The summed E-state index contributed by atoms with van der Waals surface area (Å²) in [7, 11) is 1.99. The molecule has 1 aromatic heterocycles. The first-order chi connectivity index (χ1) is 11.5. The van der Waals surface area contributed by atoms with E-state index < -0.39 is 11.7 Å². The molecule has 0 aliphatic carbocycles. The Morgan fingerprint density at radius 2 is 1.88 bits per heavy atom. The van der Waals surface area contributed by atoms with E-state index in [2.05, 4.69) is 20.4 Å². The molecule has 1 aliphatic heterocycles. The molecule has 4 nitrogen and oxygen atoms in total. The van der Waals surface area contributed by atoms with E-state index in [1.54, 1.807) is 6.20 Å². The monoisotopic (exact) mass is 338 g/mol. The summed E-state index contributed by atoms with van der Waals surface area (Å²) >= 11 is 0. The van der Waals surface area contributed by atoms with Crippen molar-refractivity contribution in [3.8, 4) is 11.3 Å². The zero-order chi connectivity index (χ0) is 17.2. The summed E-state index contributed by atoms with van der Waals surface area (Å²) in [4.78, 5) is 2.35. The van der Waals surface area contributed by atoms with Crippen LogP contribution in [-0.2, 0) is 12.7 Å². The summed E-state index contributed by atoms with van der Waals surface area (Å²) < 4.78 is 38.0. The number of H-pyrrole nitrogens is 1. The fourth-order valence-electron chi connectivity index (χ4n) is 3.13. The van der Waals surface area contributed by atoms with E-state index in [9.17, 15) is 13.2 Å². The van der Waals surface area contributed by atoms with Gasteiger partial charge in [-0.1, -0.05) is 12.1 Å². The molecule has 2 N–H and O–H groups in total. The maximum absolute atomic E-state index is 12.7. The predicted octanol–water partition coefficient (Wildman–Crippen LogP) is 3.28. The number of piperidine rings is 1. The van der Waals surface area contributed by atoms with E-state index in [4.69, 9.17) is 0 Å². The fraction of sp³-hybridized carbons (Fsp3) is 0.471. The first-order valence-electron chi connectivity index (χ1n) is 8.07. The van der Waals surface area contributed by atoms with Gasteiger partial charge < -0.3 is 5.32 Å². The lowest BCUT2D eigenvalue weighted by Crippen LogP contribution is -2.40. The Morgan fingerprint density at radius 1 is 1.21 bits per heavy atom. The number of aromatic amines is 1. The van der Waals surface area contributed by atoms with E-state index >= 15 is 0 Å². The van der Waals surface area contributed by atoms with Crippen LogP contribution in [-0.4, -0.2) is 41.3 Å². The van der Waals surface area contributed by atoms with Crippen LogP contribution in [0.3, 0.4) is 0 Å². The van der Waals surface area contributed by atoms with Crippen molar-refractivity contribution in [2.75, 3.05) is 20.1 Å². The SMILES string of the molecule is CNC1CCN(Cc2cn[nH]c2-c2ccc(C(F)(F)F)cc2)CC1. The van der Waals surface area contributed by atoms with Gasteiger partial charge >= 0.3 is 6.18 Å². The number of rotatable bonds is 4. The number of likely N-dealkylation sites (tertiary alicyclic amines) is 1. The van der Waals surface area contributed by atoms with Crippen LogP contribution in [0.1, 0.15) is 24.0 Å². The second kappa shape index (κ2) is 6.94. The van der Waals surface area contributed by atoms with Crippen molar-refractivity contribution in [1.82, 2.24) is 20.4 Å². The van der Waals surface area contributed by atoms with Crippen LogP contribution in [0.15, 0.2) is 30.5 Å². The molecule has 0 spiro atoms. The molecule has 0 saturated carbocycles. The highest BCUT2D eigenvalue weighted by molar-refractivity contribution is 5.63. The van der Waals surface area contributed by atoms with E-state index in [-0.39, 0.29) is 0 Å². The average molecular weight is 338 g/mol. The second-order valence-corrected chi connectivity index (χ2v) is 6.18. The molecule has 0 amide bonds. The standard InChI is InChI=1S/C17H21F3N4/c1-21-15-6-8-24(9-7-15)11-13-10-22-23-16(13)12-2-4-14(5-3-12)17(18,19)20/h2-5,10,15,21H,6-9,11H2,1H3,(H,22,23). The van der Waals surface area contributed by atoms with Gasteiger partial charge in [0.2, 0.25) is 0 Å². The van der Waals surface area contributed by atoms with Crippen LogP contribution < -0.4 is 5.32 Å². The van der Waals surface area contributed by atoms with E-state index in [1.165, 1.54) is 12.1 Å². The highest BCUT2D eigenvalue weighted by Gasteiger charge is 2.30. The third-order valence-corrected chi connectivity index (χ3v) is 4.61. The third kappa shape index (κ3) is 3.79. The Balaban J connectivity index is 1.71. The Bertz CT molecular complexity index is 655. The van der Waals surface area contributed by atoms with Gasteiger partial charge in [0.25, 0.3) is 0 Å². The summed E-state index contributed by atoms with van der Waals surface area (Å²) in [6, 6.07) is 5.77. The Hall–Kier alpha value is -1.86. The van der Waals surface area contributed by atoms with Gasteiger partial charge in [0, 0.05) is 18.2 Å². The summed E-state index contributed by atoms with van der Waals surface area (Å²) in [6.07, 6.45) is -0.349. The number of aromatic nitrogens is 2. The minimum absolute atomic E-state index is 0.569. The zero-order valence-electron chi connectivity index (χ0n) is 13.5. The molecule has 3 rings (SSSR count). The van der Waals surface area contributed by atoms with Gasteiger partial charge in [-0.15, -0.1) is 0 Å². The van der Waals surface area contributed by atoms with Gasteiger partial charge in [0.15, 0.2) is 0 Å². The number of alkyl halides is 3. The molecule has 1 saturated heterocycles. The number of hydrogen-bond donors (Lipinski definition) is 2. The van der Waals surface area contributed by atoms with Crippen LogP contribution in [0.2, 0.25) is 0 Å². The van der Waals surface area contributed by atoms with Gasteiger partial charge in [0.1, 0.15) is 0 Å². The van der Waals surface area contributed by atoms with E-state index in [1.807, 2.05) is 7.05 Å². The highest BCUT2D eigenvalue weighted by Crippen LogP contribution is 2.31. The molecule has 7 heteroatoms. The van der Waals surface area contributed by atoms with Gasteiger partial charge in [-0.05, 0) is 50.7 Å². The molecular formula is C17H21F3N4. The number of nitrogens with one attached hydrogen (secondary N) is 2. The van der Waals surface area contributed by atoms with Gasteiger partial charge in [-0.2, -0.15) is 18.3 Å². The smallest absolute Gasteiger partial charge is 0.317 e. The quantitative estimate of drug-likeness (QED) is 0.899. The molecule has 0 radical (unpaired) electrons. The minimum atomic E-state index is -4.31. The van der Waals surface area contributed by atoms with E-state index in [0.717, 1.165) is 61.4 Å². The normalized spacial score (nSPS) is 17.3. The molecule has 1 aliphatic rings. The second-order valence-electron chi connectivity index (χ2n) is 6.18. The van der Waals surface area contributed by atoms with Crippen molar-refractivity contribution < 1.29 is 13.2 Å². The Morgan fingerprint density at radius 3 is 2.46 bits per heavy atom. The summed E-state index contributed by atoms with van der Waals surface area (Å²) in [5.74, 6) is 0. The molecule has 24 heavy (non-hydrogen) atoms. The predicted molar refractivity (Wildman–Crippen MR) is 86.4 cm³/mol. The highest BCUT2D eigenvalue weighted by atomic mass is 19.4. The number of halogens is 3. The largest absolute Gasteiger partial charge is 0.416 e. The molecule has 2 heterocycles. The van der Waals surface area contributed by atoms with Crippen molar-refractivity contribution in [3.63, 3.8) is 0 Å². The first kappa shape index (κ1) is 17.0. The summed E-state index contributed by atoms with van der Waals surface area (Å²) in [6.45, 7) is 2.76. The van der Waals surface area contributed by atoms with Crippen molar-refractivity contribution in [1.29, 1.82) is 0 Å². The zero-order valence-corrected chi connectivity index (χ0v) is 13.5. The average Bonchev–Trinajstić information content (AvgIpc) is 3.03. The van der Waals surface area contributed by atoms with Crippen LogP contribution in [0.25, 0.3) is 11.3 Å². The lowest BCUT2D eigenvalue weighted by molar-refractivity contribution is -0.137. The van der Waals surface area contributed by atoms with Crippen LogP contribution in [0, 0.1) is 0 Å². The topological polar surface area (TPSA) is 44.0 Å². The Labute approximate surface area is 139 Å². The molecule has 0 unspecified atom stereocenters. The molecule has 2 aromatic rings. The summed E-state index contributed by atoms with van der Waals surface area (Å²) in [5.41, 5.74) is 1.89. The number of nitrogens with zero attached hydrogens (tertiary/aromatic N) is 2. The number of benzene rings is 1. The van der Waals surface area contributed by atoms with Crippen LogP contribution >= 0.6 is 0 Å². The molecule has 0 bridgehead atoms. The minimum Gasteiger partial charge on any atom is -0.317 e. The van der Waals surface area contributed by atoms with Crippen LogP contribution in [0.4, 0.5) is 13.2 Å². The molecule has 0 atom stereocenters. The van der Waals surface area contributed by atoms with E-state index in [0.29, 0.717) is 6.04 Å². The van der Waals surface area contributed by atoms with Crippen molar-refractivity contribution in [2.24, 2.45) is 0 Å². The maximum Gasteiger partial charge on any atom is 0.416 e. The van der Waals surface area contributed by atoms with Crippen molar-refractivity contribution in [3.05, 3.63) is 41.6 Å². The van der Waals surface area contributed by atoms with Gasteiger partial charge in [0.05, 0.1) is 17.5 Å². The van der Waals surface area contributed by atoms with Crippen molar-refractivity contribution in [2.45, 2.75) is 31.6 Å². The molecule has 130 valence electrons. The molecule has 1 aromatic carbocycles. The lowest BCUT2D eigenvalue weighted by Gasteiger charge is -2.31. The lowest BCUT2D eigenvalue weighted by atomic mass is 10.0.